The van der Waals surface area contributed by atoms with Crippen LogP contribution in [0, 0.1) is 25.2 Å². The molecule has 0 radical (unpaired) electrons. The van der Waals surface area contributed by atoms with Crippen molar-refractivity contribution in [3.05, 3.63) is 34.5 Å². The van der Waals surface area contributed by atoms with Gasteiger partial charge in [0.2, 0.25) is 0 Å². The summed E-state index contributed by atoms with van der Waals surface area (Å²) in [4.78, 5) is 0. The fraction of sp³-hybridized carbons (Fsp3) is 0.471. The van der Waals surface area contributed by atoms with Gasteiger partial charge in [0, 0.05) is 17.6 Å². The summed E-state index contributed by atoms with van der Waals surface area (Å²) >= 11 is 0. The summed E-state index contributed by atoms with van der Waals surface area (Å²) in [6, 6.07) is 6.90. The highest BCUT2D eigenvalue weighted by atomic mass is 15.0. The highest BCUT2D eigenvalue weighted by Crippen LogP contribution is 2.36. The molecule has 0 aliphatic carbocycles. The van der Waals surface area contributed by atoms with Crippen LogP contribution in [0.4, 0.5) is 0 Å². The third-order valence-electron chi connectivity index (χ3n) is 4.64. The molecule has 0 N–H and O–H groups in total. The van der Waals surface area contributed by atoms with Crippen LogP contribution in [0.2, 0.25) is 0 Å². The number of nitriles is 1. The van der Waals surface area contributed by atoms with Crippen LogP contribution < -0.4 is 0 Å². The van der Waals surface area contributed by atoms with E-state index in [0.717, 1.165) is 18.5 Å². The number of hydrogen-bond acceptors (Lipinski definition) is 1. The fourth-order valence-corrected chi connectivity index (χ4v) is 3.19. The molecular weight excluding hydrogens is 232 g/mol. The predicted molar refractivity (Wildman–Crippen MR) is 78.4 cm³/mol. The molecule has 1 aromatic carbocycles. The summed E-state index contributed by atoms with van der Waals surface area (Å²) < 4.78 is 2.45. The predicted octanol–water partition coefficient (Wildman–Crippen LogP) is 4.01. The van der Waals surface area contributed by atoms with E-state index in [1.165, 1.54) is 34.1 Å². The number of rotatable bonds is 1. The van der Waals surface area contributed by atoms with E-state index in [0.29, 0.717) is 0 Å². The molecule has 3 rings (SSSR count). The van der Waals surface area contributed by atoms with Gasteiger partial charge in [-0.1, -0.05) is 6.07 Å². The number of aryl methyl sites for hydroxylation is 3. The van der Waals surface area contributed by atoms with E-state index >= 15 is 0 Å². The Morgan fingerprint density at radius 2 is 2.00 bits per heavy atom. The summed E-state index contributed by atoms with van der Waals surface area (Å²) in [7, 11) is 0. The van der Waals surface area contributed by atoms with Crippen LogP contribution in [-0.4, -0.2) is 4.57 Å². The standard InChI is InChI=1S/C17H20N2/c1-11-12(2)19-7-5-6-13-8-14(17(3,4)10-18)9-15(11)16(13)19/h8-9H,5-7H2,1-4H3. The van der Waals surface area contributed by atoms with Crippen molar-refractivity contribution in [1.82, 2.24) is 4.57 Å². The maximum atomic E-state index is 9.37. The molecule has 1 aromatic heterocycles. The van der Waals surface area contributed by atoms with Crippen molar-refractivity contribution in [2.75, 3.05) is 0 Å². The third-order valence-corrected chi connectivity index (χ3v) is 4.64. The molecule has 2 aromatic rings. The van der Waals surface area contributed by atoms with Gasteiger partial charge < -0.3 is 4.57 Å². The Hall–Kier alpha value is -1.75. The lowest BCUT2D eigenvalue weighted by atomic mass is 9.83. The SMILES string of the molecule is Cc1c(C)n2c3c(cc(C(C)(C)C#N)cc13)CCC2. The molecule has 0 saturated heterocycles. The first-order chi connectivity index (χ1) is 8.95. The van der Waals surface area contributed by atoms with E-state index < -0.39 is 5.41 Å². The average Bonchev–Trinajstić information content (AvgIpc) is 2.66. The molecule has 1 aliphatic rings. The summed E-state index contributed by atoms with van der Waals surface area (Å²) in [5.41, 5.74) is 6.30. The molecule has 0 unspecified atom stereocenters. The molecule has 98 valence electrons. The molecular formula is C17H20N2. The number of benzene rings is 1. The molecule has 0 atom stereocenters. The van der Waals surface area contributed by atoms with Crippen molar-refractivity contribution in [2.24, 2.45) is 0 Å². The Kier molecular flexibility index (Phi) is 2.50. The van der Waals surface area contributed by atoms with Crippen LogP contribution >= 0.6 is 0 Å². The minimum Gasteiger partial charge on any atom is -0.344 e. The van der Waals surface area contributed by atoms with Crippen molar-refractivity contribution in [3.8, 4) is 6.07 Å². The summed E-state index contributed by atoms with van der Waals surface area (Å²) in [6.07, 6.45) is 2.34. The molecule has 0 bridgehead atoms. The van der Waals surface area contributed by atoms with Gasteiger partial charge in [-0.15, -0.1) is 0 Å². The number of hydrogen-bond donors (Lipinski definition) is 0. The topological polar surface area (TPSA) is 28.7 Å². The van der Waals surface area contributed by atoms with Gasteiger partial charge in [0.25, 0.3) is 0 Å². The minimum absolute atomic E-state index is 0.412. The van der Waals surface area contributed by atoms with Gasteiger partial charge >= 0.3 is 0 Å². The largest absolute Gasteiger partial charge is 0.344 e. The highest BCUT2D eigenvalue weighted by Gasteiger charge is 2.25. The van der Waals surface area contributed by atoms with E-state index in [2.05, 4.69) is 36.6 Å². The molecule has 2 heterocycles. The van der Waals surface area contributed by atoms with Gasteiger partial charge in [0.05, 0.1) is 17.0 Å². The van der Waals surface area contributed by atoms with Crippen molar-refractivity contribution in [3.63, 3.8) is 0 Å². The van der Waals surface area contributed by atoms with E-state index in [9.17, 15) is 5.26 Å². The van der Waals surface area contributed by atoms with Crippen molar-refractivity contribution < 1.29 is 0 Å². The quantitative estimate of drug-likeness (QED) is 0.754. The summed E-state index contributed by atoms with van der Waals surface area (Å²) in [6.45, 7) is 9.54. The molecule has 0 fully saturated rings. The monoisotopic (exact) mass is 252 g/mol. The Balaban J connectivity index is 2.39. The van der Waals surface area contributed by atoms with E-state index in [-0.39, 0.29) is 0 Å². The van der Waals surface area contributed by atoms with Crippen LogP contribution in [-0.2, 0) is 18.4 Å². The van der Waals surface area contributed by atoms with Gasteiger partial charge in [-0.25, -0.2) is 0 Å². The van der Waals surface area contributed by atoms with Crippen molar-refractivity contribution in [1.29, 1.82) is 5.26 Å². The van der Waals surface area contributed by atoms with Crippen LogP contribution in [0.3, 0.4) is 0 Å². The molecule has 19 heavy (non-hydrogen) atoms. The second kappa shape index (κ2) is 3.87. The fourth-order valence-electron chi connectivity index (χ4n) is 3.19. The third kappa shape index (κ3) is 1.61. The lowest BCUT2D eigenvalue weighted by Crippen LogP contribution is -2.16. The summed E-state index contributed by atoms with van der Waals surface area (Å²) in [5.74, 6) is 0. The Morgan fingerprint density at radius 3 is 2.68 bits per heavy atom. The van der Waals surface area contributed by atoms with Crippen molar-refractivity contribution >= 4 is 10.9 Å². The van der Waals surface area contributed by atoms with Crippen LogP contribution in [0.1, 0.15) is 42.7 Å². The maximum Gasteiger partial charge on any atom is 0.0766 e. The van der Waals surface area contributed by atoms with Gasteiger partial charge in [0.1, 0.15) is 0 Å². The normalized spacial score (nSPS) is 14.7. The molecule has 2 heteroatoms. The lowest BCUT2D eigenvalue weighted by molar-refractivity contribution is 0.619. The molecule has 0 amide bonds. The minimum atomic E-state index is -0.412. The average molecular weight is 252 g/mol. The Labute approximate surface area is 114 Å². The lowest BCUT2D eigenvalue weighted by Gasteiger charge is -2.21. The Morgan fingerprint density at radius 1 is 1.26 bits per heavy atom. The van der Waals surface area contributed by atoms with Gasteiger partial charge in [0.15, 0.2) is 0 Å². The van der Waals surface area contributed by atoms with Crippen LogP contribution in [0.15, 0.2) is 12.1 Å². The Bertz CT molecular complexity index is 711. The van der Waals surface area contributed by atoms with Crippen molar-refractivity contribution in [2.45, 2.75) is 52.5 Å². The molecule has 0 saturated carbocycles. The first-order valence-corrected chi connectivity index (χ1v) is 7.00. The zero-order valence-corrected chi connectivity index (χ0v) is 12.2. The smallest absolute Gasteiger partial charge is 0.0766 e. The van der Waals surface area contributed by atoms with Gasteiger partial charge in [-0.3, -0.25) is 0 Å². The first kappa shape index (κ1) is 12.3. The zero-order chi connectivity index (χ0) is 13.8. The van der Waals surface area contributed by atoms with Gasteiger partial charge in [-0.2, -0.15) is 5.26 Å². The second-order valence-electron chi connectivity index (χ2n) is 6.23. The van der Waals surface area contributed by atoms with E-state index in [1.807, 2.05) is 13.8 Å². The van der Waals surface area contributed by atoms with E-state index in [1.54, 1.807) is 0 Å². The molecule has 2 nitrogen and oxygen atoms in total. The second-order valence-corrected chi connectivity index (χ2v) is 6.23. The van der Waals surface area contributed by atoms with Crippen LogP contribution in [0.5, 0.6) is 0 Å². The molecule has 0 spiro atoms. The number of aromatic nitrogens is 1. The van der Waals surface area contributed by atoms with E-state index in [4.69, 9.17) is 0 Å². The van der Waals surface area contributed by atoms with Gasteiger partial charge in [-0.05, 0) is 63.3 Å². The number of nitrogens with zero attached hydrogens (tertiary/aromatic N) is 2. The first-order valence-electron chi connectivity index (χ1n) is 7.00. The van der Waals surface area contributed by atoms with Crippen LogP contribution in [0.25, 0.3) is 10.9 Å². The summed E-state index contributed by atoms with van der Waals surface area (Å²) in [5, 5.41) is 10.7. The highest BCUT2D eigenvalue weighted by molar-refractivity contribution is 5.89. The maximum absolute atomic E-state index is 9.37. The molecule has 1 aliphatic heterocycles. The zero-order valence-electron chi connectivity index (χ0n) is 12.2.